The van der Waals surface area contributed by atoms with Crippen LogP contribution in [0.2, 0.25) is 0 Å². The van der Waals surface area contributed by atoms with Crippen LogP contribution in [0.5, 0.6) is 0 Å². The summed E-state index contributed by atoms with van der Waals surface area (Å²) in [7, 11) is 1.80. The largest absolute Gasteiger partial charge is 0.387 e. The fourth-order valence-corrected chi connectivity index (χ4v) is 1.86. The first kappa shape index (κ1) is 13.1. The topological polar surface area (TPSA) is 59.0 Å². The number of anilines is 2. The zero-order chi connectivity index (χ0) is 13.8. The number of hydrogen-bond acceptors (Lipinski definition) is 3. The molecular formula is C14H18N4O. The molecule has 0 fully saturated rings. The Hall–Kier alpha value is -2.30. The molecule has 1 amide bonds. The number of carbonyl (C=O) groups excluding carboxylic acids is 1. The van der Waals surface area contributed by atoms with E-state index in [-0.39, 0.29) is 5.91 Å². The van der Waals surface area contributed by atoms with Crippen LogP contribution in [0.4, 0.5) is 11.4 Å². The van der Waals surface area contributed by atoms with Gasteiger partial charge in [0.1, 0.15) is 0 Å². The molecule has 0 atom stereocenters. The number of hydrogen-bond donors (Lipinski definition) is 2. The van der Waals surface area contributed by atoms with Gasteiger partial charge in [0.25, 0.3) is 5.91 Å². The third-order valence-corrected chi connectivity index (χ3v) is 2.90. The van der Waals surface area contributed by atoms with Crippen molar-refractivity contribution in [1.82, 2.24) is 9.78 Å². The van der Waals surface area contributed by atoms with Crippen molar-refractivity contribution < 1.29 is 4.79 Å². The van der Waals surface area contributed by atoms with E-state index in [4.69, 9.17) is 0 Å². The average molecular weight is 258 g/mol. The minimum absolute atomic E-state index is 0.135. The van der Waals surface area contributed by atoms with Gasteiger partial charge in [0.2, 0.25) is 0 Å². The van der Waals surface area contributed by atoms with Crippen molar-refractivity contribution in [1.29, 1.82) is 0 Å². The quantitative estimate of drug-likeness (QED) is 0.885. The minimum Gasteiger partial charge on any atom is -0.387 e. The van der Waals surface area contributed by atoms with Crippen LogP contribution in [0.1, 0.15) is 22.8 Å². The molecule has 19 heavy (non-hydrogen) atoms. The summed E-state index contributed by atoms with van der Waals surface area (Å²) in [6.45, 7) is 4.74. The fraction of sp³-hybridized carbons (Fsp3) is 0.286. The monoisotopic (exact) mass is 258 g/mol. The van der Waals surface area contributed by atoms with E-state index < -0.39 is 0 Å². The van der Waals surface area contributed by atoms with Crippen LogP contribution in [0.3, 0.4) is 0 Å². The molecule has 5 nitrogen and oxygen atoms in total. The second-order valence-electron chi connectivity index (χ2n) is 4.34. The highest BCUT2D eigenvalue weighted by Gasteiger charge is 2.12. The summed E-state index contributed by atoms with van der Waals surface area (Å²) in [5.74, 6) is -0.135. The van der Waals surface area contributed by atoms with Crippen LogP contribution in [0.25, 0.3) is 0 Å². The van der Waals surface area contributed by atoms with Gasteiger partial charge in [0.15, 0.2) is 0 Å². The molecule has 5 heteroatoms. The van der Waals surface area contributed by atoms with Gasteiger partial charge in [0, 0.05) is 25.5 Å². The first-order valence-corrected chi connectivity index (χ1v) is 6.26. The van der Waals surface area contributed by atoms with E-state index in [1.807, 2.05) is 38.2 Å². The molecular weight excluding hydrogens is 240 g/mol. The summed E-state index contributed by atoms with van der Waals surface area (Å²) in [6, 6.07) is 5.74. The second-order valence-corrected chi connectivity index (χ2v) is 4.34. The van der Waals surface area contributed by atoms with Gasteiger partial charge in [-0.05, 0) is 26.0 Å². The van der Waals surface area contributed by atoms with E-state index in [9.17, 15) is 4.79 Å². The molecule has 2 N–H and O–H groups in total. The highest BCUT2D eigenvalue weighted by Crippen LogP contribution is 2.18. The number of rotatable bonds is 4. The molecule has 0 aliphatic carbocycles. The summed E-state index contributed by atoms with van der Waals surface area (Å²) in [6.07, 6.45) is 3.46. The summed E-state index contributed by atoms with van der Waals surface area (Å²) in [5, 5.41) is 10.0. The predicted octanol–water partition coefficient (Wildman–Crippen LogP) is 2.51. The lowest BCUT2D eigenvalue weighted by Crippen LogP contribution is -2.14. The Balaban J connectivity index is 2.21. The van der Waals surface area contributed by atoms with E-state index in [1.165, 1.54) is 0 Å². The highest BCUT2D eigenvalue weighted by atomic mass is 16.1. The number of aromatic nitrogens is 2. The number of amides is 1. The Kier molecular flexibility index (Phi) is 3.85. The van der Waals surface area contributed by atoms with Crippen LogP contribution in [-0.4, -0.2) is 22.7 Å². The van der Waals surface area contributed by atoms with Crippen LogP contribution >= 0.6 is 0 Å². The fourth-order valence-electron chi connectivity index (χ4n) is 1.86. The van der Waals surface area contributed by atoms with Crippen molar-refractivity contribution in [2.45, 2.75) is 20.4 Å². The molecule has 0 spiro atoms. The third-order valence-electron chi connectivity index (χ3n) is 2.90. The molecule has 2 rings (SSSR count). The van der Waals surface area contributed by atoms with E-state index in [1.54, 1.807) is 17.9 Å². The van der Waals surface area contributed by atoms with Crippen molar-refractivity contribution in [3.63, 3.8) is 0 Å². The van der Waals surface area contributed by atoms with E-state index in [0.717, 1.165) is 17.8 Å². The molecule has 0 saturated carbocycles. The standard InChI is InChI=1S/C14H18N4O/c1-4-18-9-11(8-16-18)17-14(19)12-7-10(2)5-6-13(12)15-3/h5-9,15H,4H2,1-3H3,(H,17,19). The molecule has 0 aliphatic rings. The van der Waals surface area contributed by atoms with Crippen molar-refractivity contribution in [2.24, 2.45) is 0 Å². The lowest BCUT2D eigenvalue weighted by molar-refractivity contribution is 0.102. The molecule has 100 valence electrons. The second kappa shape index (κ2) is 5.56. The zero-order valence-corrected chi connectivity index (χ0v) is 11.4. The third kappa shape index (κ3) is 2.93. The summed E-state index contributed by atoms with van der Waals surface area (Å²) in [5.41, 5.74) is 3.20. The van der Waals surface area contributed by atoms with Gasteiger partial charge in [0.05, 0.1) is 17.4 Å². The van der Waals surface area contributed by atoms with Gasteiger partial charge in [-0.25, -0.2) is 0 Å². The van der Waals surface area contributed by atoms with Crippen LogP contribution in [0.15, 0.2) is 30.6 Å². The molecule has 1 aromatic carbocycles. The van der Waals surface area contributed by atoms with Crippen molar-refractivity contribution in [3.8, 4) is 0 Å². The smallest absolute Gasteiger partial charge is 0.257 e. The SMILES string of the molecule is CCn1cc(NC(=O)c2cc(C)ccc2NC)cn1. The Bertz CT molecular complexity index is 589. The average Bonchev–Trinajstić information content (AvgIpc) is 2.86. The number of nitrogens with zero attached hydrogens (tertiary/aromatic N) is 2. The summed E-state index contributed by atoms with van der Waals surface area (Å²) in [4.78, 5) is 12.3. The molecule has 0 bridgehead atoms. The van der Waals surface area contributed by atoms with Crippen LogP contribution < -0.4 is 10.6 Å². The highest BCUT2D eigenvalue weighted by molar-refractivity contribution is 6.08. The molecule has 2 aromatic rings. The van der Waals surface area contributed by atoms with Gasteiger partial charge in [-0.1, -0.05) is 11.6 Å². The maximum atomic E-state index is 12.3. The van der Waals surface area contributed by atoms with Gasteiger partial charge in [-0.2, -0.15) is 5.10 Å². The predicted molar refractivity (Wildman–Crippen MR) is 76.6 cm³/mol. The molecule has 1 aromatic heterocycles. The number of carbonyl (C=O) groups is 1. The number of aryl methyl sites for hydroxylation is 2. The lowest BCUT2D eigenvalue weighted by atomic mass is 10.1. The molecule has 0 radical (unpaired) electrons. The maximum absolute atomic E-state index is 12.3. The summed E-state index contributed by atoms with van der Waals surface area (Å²) >= 11 is 0. The molecule has 0 aliphatic heterocycles. The van der Waals surface area contributed by atoms with E-state index in [0.29, 0.717) is 11.3 Å². The Morgan fingerprint density at radius 3 is 2.84 bits per heavy atom. The first-order chi connectivity index (χ1) is 9.13. The maximum Gasteiger partial charge on any atom is 0.257 e. The van der Waals surface area contributed by atoms with Gasteiger partial charge < -0.3 is 10.6 Å². The van der Waals surface area contributed by atoms with Gasteiger partial charge in [-0.15, -0.1) is 0 Å². The molecule has 0 saturated heterocycles. The van der Waals surface area contributed by atoms with Crippen LogP contribution in [-0.2, 0) is 6.54 Å². The van der Waals surface area contributed by atoms with Crippen molar-refractivity contribution in [2.75, 3.05) is 17.7 Å². The van der Waals surface area contributed by atoms with Gasteiger partial charge in [-0.3, -0.25) is 9.48 Å². The van der Waals surface area contributed by atoms with Crippen molar-refractivity contribution >= 4 is 17.3 Å². The molecule has 0 unspecified atom stereocenters. The lowest BCUT2D eigenvalue weighted by Gasteiger charge is -2.09. The Labute approximate surface area is 112 Å². The Morgan fingerprint density at radius 1 is 1.42 bits per heavy atom. The van der Waals surface area contributed by atoms with E-state index in [2.05, 4.69) is 15.7 Å². The molecule has 1 heterocycles. The number of benzene rings is 1. The minimum atomic E-state index is -0.135. The number of nitrogens with one attached hydrogen (secondary N) is 2. The van der Waals surface area contributed by atoms with Gasteiger partial charge >= 0.3 is 0 Å². The van der Waals surface area contributed by atoms with E-state index >= 15 is 0 Å². The normalized spacial score (nSPS) is 10.3. The summed E-state index contributed by atoms with van der Waals surface area (Å²) < 4.78 is 1.77. The van der Waals surface area contributed by atoms with Crippen LogP contribution in [0, 0.1) is 6.92 Å². The van der Waals surface area contributed by atoms with Crippen molar-refractivity contribution in [3.05, 3.63) is 41.7 Å². The Morgan fingerprint density at radius 2 is 2.21 bits per heavy atom. The first-order valence-electron chi connectivity index (χ1n) is 6.26. The zero-order valence-electron chi connectivity index (χ0n) is 11.4.